The monoisotopic (exact) mass is 421 g/mol. The average Bonchev–Trinajstić information content (AvgIpc) is 3.11. The van der Waals surface area contributed by atoms with Gasteiger partial charge in [-0.1, -0.05) is 13.8 Å². The van der Waals surface area contributed by atoms with Crippen LogP contribution in [0.1, 0.15) is 47.5 Å². The highest BCUT2D eigenvalue weighted by Crippen LogP contribution is 2.40. The van der Waals surface area contributed by atoms with E-state index < -0.39 is 16.6 Å². The first-order chi connectivity index (χ1) is 14.2. The van der Waals surface area contributed by atoms with Gasteiger partial charge in [0.25, 0.3) is 5.69 Å². The highest BCUT2D eigenvalue weighted by atomic mass is 16.6. The van der Waals surface area contributed by atoms with Crippen LogP contribution in [0.2, 0.25) is 0 Å². The van der Waals surface area contributed by atoms with Crippen LogP contribution in [0.25, 0.3) is 11.0 Å². The Bertz CT molecular complexity index is 890. The number of H-pyrrole nitrogens is 1. The van der Waals surface area contributed by atoms with Crippen LogP contribution in [0.4, 0.5) is 16.2 Å². The van der Waals surface area contributed by atoms with Gasteiger partial charge in [0.1, 0.15) is 16.6 Å². The molecule has 30 heavy (non-hydrogen) atoms. The van der Waals surface area contributed by atoms with Crippen LogP contribution < -0.4 is 15.0 Å². The summed E-state index contributed by atoms with van der Waals surface area (Å²) in [6, 6.07) is -0.144. The number of aromatic amines is 1. The topological polar surface area (TPSA) is 123 Å². The van der Waals surface area contributed by atoms with E-state index in [4.69, 9.17) is 9.47 Å². The molecule has 0 saturated carbocycles. The van der Waals surface area contributed by atoms with Crippen LogP contribution >= 0.6 is 0 Å². The Balaban J connectivity index is 0.00000155. The van der Waals surface area contributed by atoms with E-state index in [1.54, 1.807) is 6.20 Å². The van der Waals surface area contributed by atoms with Gasteiger partial charge in [0, 0.05) is 19.1 Å². The number of ether oxygens (including phenoxy) is 2. The summed E-state index contributed by atoms with van der Waals surface area (Å²) in [6.45, 7) is 10.6. The van der Waals surface area contributed by atoms with Crippen molar-refractivity contribution in [2.75, 3.05) is 25.1 Å². The lowest BCUT2D eigenvalue weighted by Crippen LogP contribution is -2.49. The Labute approximate surface area is 176 Å². The summed E-state index contributed by atoms with van der Waals surface area (Å²) in [4.78, 5) is 32.2. The number of hydrogen-bond acceptors (Lipinski definition) is 7. The summed E-state index contributed by atoms with van der Waals surface area (Å²) in [5.74, 6) is 0.452. The number of nitrogens with one attached hydrogen (secondary N) is 2. The summed E-state index contributed by atoms with van der Waals surface area (Å²) < 4.78 is 10.8. The molecule has 2 aromatic heterocycles. The predicted octanol–water partition coefficient (Wildman–Crippen LogP) is 4.00. The normalized spacial score (nSPS) is 16.5. The van der Waals surface area contributed by atoms with E-state index in [0.717, 1.165) is 12.8 Å². The number of methoxy groups -OCH3 is 1. The zero-order valence-corrected chi connectivity index (χ0v) is 18.4. The lowest BCUT2D eigenvalue weighted by molar-refractivity contribution is -0.383. The molecule has 2 N–H and O–H groups in total. The summed E-state index contributed by atoms with van der Waals surface area (Å²) in [6.07, 6.45) is 4.01. The molecule has 0 spiro atoms. The molecule has 1 aliphatic heterocycles. The van der Waals surface area contributed by atoms with Crippen LogP contribution in [-0.4, -0.2) is 52.8 Å². The average molecular weight is 421 g/mol. The molecule has 1 saturated heterocycles. The number of hydrogen-bond donors (Lipinski definition) is 2. The molecule has 166 valence electrons. The molecule has 10 nitrogen and oxygen atoms in total. The third kappa shape index (κ3) is 5.31. The second kappa shape index (κ2) is 9.64. The maximum atomic E-state index is 12.1. The molecule has 0 aliphatic carbocycles. The van der Waals surface area contributed by atoms with Crippen LogP contribution in [0.5, 0.6) is 5.75 Å². The van der Waals surface area contributed by atoms with Crippen molar-refractivity contribution in [3.8, 4) is 5.75 Å². The number of anilines is 1. The number of nitro groups is 1. The second-order valence-corrected chi connectivity index (χ2v) is 7.76. The fourth-order valence-corrected chi connectivity index (χ4v) is 3.42. The largest absolute Gasteiger partial charge is 0.493 e. The van der Waals surface area contributed by atoms with E-state index in [0.29, 0.717) is 35.6 Å². The van der Waals surface area contributed by atoms with E-state index in [-0.39, 0.29) is 11.7 Å². The first kappa shape index (κ1) is 23.2. The minimum atomic E-state index is -0.579. The van der Waals surface area contributed by atoms with Gasteiger partial charge in [0.2, 0.25) is 0 Å². The van der Waals surface area contributed by atoms with Gasteiger partial charge in [-0.3, -0.25) is 10.1 Å². The van der Waals surface area contributed by atoms with Gasteiger partial charge in [0.15, 0.2) is 5.75 Å². The van der Waals surface area contributed by atoms with E-state index in [9.17, 15) is 14.9 Å². The van der Waals surface area contributed by atoms with Gasteiger partial charge in [-0.25, -0.2) is 9.78 Å². The highest BCUT2D eigenvalue weighted by molar-refractivity contribution is 6.00. The molecule has 2 aromatic rings. The van der Waals surface area contributed by atoms with E-state index in [1.807, 2.05) is 39.5 Å². The molecule has 1 amide bonds. The number of aromatic nitrogens is 2. The predicted molar refractivity (Wildman–Crippen MR) is 115 cm³/mol. The molecule has 0 aromatic carbocycles. The molecular formula is C20H31N5O5. The van der Waals surface area contributed by atoms with Gasteiger partial charge in [-0.05, 0) is 33.6 Å². The molecule has 3 heterocycles. The number of carbonyl (C=O) groups is 1. The quantitative estimate of drug-likeness (QED) is 0.565. The highest BCUT2D eigenvalue weighted by Gasteiger charge is 2.30. The van der Waals surface area contributed by atoms with Gasteiger partial charge < -0.3 is 24.7 Å². The first-order valence-electron chi connectivity index (χ1n) is 10.1. The van der Waals surface area contributed by atoms with Gasteiger partial charge in [-0.2, -0.15) is 0 Å². The summed E-state index contributed by atoms with van der Waals surface area (Å²) in [5.41, 5.74) is 0.393. The molecule has 0 bridgehead atoms. The number of piperidine rings is 1. The molecule has 1 unspecified atom stereocenters. The SMILES string of the molecule is CC.COc1cnc2[nH]cc([N+](=O)[O-])c2c1N1CCCC(NC(=O)OC(C)(C)C)C1. The van der Waals surface area contributed by atoms with Crippen molar-refractivity contribution in [3.63, 3.8) is 0 Å². The van der Waals surface area contributed by atoms with Crippen molar-refractivity contribution in [1.82, 2.24) is 15.3 Å². The van der Waals surface area contributed by atoms with Gasteiger partial charge in [-0.15, -0.1) is 0 Å². The summed E-state index contributed by atoms with van der Waals surface area (Å²) in [7, 11) is 1.51. The zero-order valence-electron chi connectivity index (χ0n) is 18.4. The first-order valence-corrected chi connectivity index (χ1v) is 10.1. The van der Waals surface area contributed by atoms with Crippen molar-refractivity contribution < 1.29 is 19.2 Å². The van der Waals surface area contributed by atoms with Crippen molar-refractivity contribution in [2.45, 2.75) is 59.1 Å². The number of amides is 1. The number of pyridine rings is 1. The molecule has 10 heteroatoms. The maximum Gasteiger partial charge on any atom is 0.407 e. The lowest BCUT2D eigenvalue weighted by atomic mass is 10.0. The minimum Gasteiger partial charge on any atom is -0.493 e. The van der Waals surface area contributed by atoms with Crippen LogP contribution in [-0.2, 0) is 4.74 Å². The fraction of sp³-hybridized carbons (Fsp3) is 0.600. The van der Waals surface area contributed by atoms with Crippen LogP contribution in [0, 0.1) is 10.1 Å². The third-order valence-corrected chi connectivity index (χ3v) is 4.49. The Kier molecular flexibility index (Phi) is 7.47. The third-order valence-electron chi connectivity index (χ3n) is 4.49. The number of rotatable bonds is 4. The van der Waals surface area contributed by atoms with Crippen LogP contribution in [0.3, 0.4) is 0 Å². The molecule has 1 atom stereocenters. The zero-order chi connectivity index (χ0) is 22.5. The Morgan fingerprint density at radius 1 is 1.40 bits per heavy atom. The van der Waals surface area contributed by atoms with Crippen molar-refractivity contribution in [1.29, 1.82) is 0 Å². The molecule has 3 rings (SSSR count). The van der Waals surface area contributed by atoms with Crippen molar-refractivity contribution in [3.05, 3.63) is 22.5 Å². The maximum absolute atomic E-state index is 12.1. The number of fused-ring (bicyclic) bond motifs is 1. The molecular weight excluding hydrogens is 390 g/mol. The van der Waals surface area contributed by atoms with Crippen molar-refractivity contribution >= 4 is 28.5 Å². The summed E-state index contributed by atoms with van der Waals surface area (Å²) >= 11 is 0. The van der Waals surface area contributed by atoms with E-state index >= 15 is 0 Å². The molecule has 1 aliphatic rings. The minimum absolute atomic E-state index is 0.0568. The van der Waals surface area contributed by atoms with Gasteiger partial charge in [0.05, 0.1) is 30.1 Å². The Morgan fingerprint density at radius 3 is 2.70 bits per heavy atom. The summed E-state index contributed by atoms with van der Waals surface area (Å²) in [5, 5.41) is 14.8. The molecule has 0 radical (unpaired) electrons. The Hall–Kier alpha value is -3.04. The van der Waals surface area contributed by atoms with E-state index in [1.165, 1.54) is 13.3 Å². The smallest absolute Gasteiger partial charge is 0.407 e. The van der Waals surface area contributed by atoms with Crippen molar-refractivity contribution in [2.24, 2.45) is 0 Å². The van der Waals surface area contributed by atoms with Crippen LogP contribution in [0.15, 0.2) is 12.4 Å². The van der Waals surface area contributed by atoms with Gasteiger partial charge >= 0.3 is 6.09 Å². The fourth-order valence-electron chi connectivity index (χ4n) is 3.42. The molecule has 1 fully saturated rings. The standard InChI is InChI=1S/C18H25N5O5.C2H6/c1-18(2,3)28-17(24)21-11-6-5-7-22(10-11)15-13(27-4)9-20-16-14(15)12(8-19-16)23(25)26;1-2/h8-9,11H,5-7,10H2,1-4H3,(H,19,20)(H,21,24);1-2H3. The Morgan fingerprint density at radius 2 is 2.10 bits per heavy atom. The van der Waals surface area contributed by atoms with E-state index in [2.05, 4.69) is 15.3 Å². The second-order valence-electron chi connectivity index (χ2n) is 7.76. The lowest BCUT2D eigenvalue weighted by Gasteiger charge is -2.35. The number of carbonyl (C=O) groups excluding carboxylic acids is 1. The number of nitrogens with zero attached hydrogens (tertiary/aromatic N) is 3. The number of alkyl carbamates (subject to hydrolysis) is 1.